The van der Waals surface area contributed by atoms with Crippen molar-refractivity contribution in [2.24, 2.45) is 5.92 Å². The van der Waals surface area contributed by atoms with E-state index in [0.717, 1.165) is 12.0 Å². The zero-order chi connectivity index (χ0) is 14.2. The van der Waals surface area contributed by atoms with Gasteiger partial charge < -0.3 is 0 Å². The summed E-state index contributed by atoms with van der Waals surface area (Å²) in [6, 6.07) is 5.27. The van der Waals surface area contributed by atoms with Gasteiger partial charge in [-0.1, -0.05) is 13.0 Å². The Kier molecular flexibility index (Phi) is 4.60. The summed E-state index contributed by atoms with van der Waals surface area (Å²) in [5, 5.41) is 0. The Hall–Kier alpha value is -0.100. The first-order valence-electron chi connectivity index (χ1n) is 6.22. The van der Waals surface area contributed by atoms with Crippen LogP contribution in [-0.2, 0) is 15.9 Å². The fourth-order valence-electron chi connectivity index (χ4n) is 2.55. The molecule has 106 valence electrons. The third-order valence-corrected chi connectivity index (χ3v) is 6.75. The predicted molar refractivity (Wildman–Crippen MR) is 80.8 cm³/mol. The lowest BCUT2D eigenvalue weighted by Gasteiger charge is -2.22. The van der Waals surface area contributed by atoms with Crippen LogP contribution >= 0.6 is 27.5 Å². The standard InChI is InChI=1S/C13H17BrClNO2S/c1-9-5-10(2)16(8-9)19(17,18)13-6-11(7-15)3-4-12(13)14/h3-4,6,9-10H,5,7-8H2,1-2H3. The number of hydrogen-bond donors (Lipinski definition) is 0. The molecule has 2 atom stereocenters. The second kappa shape index (κ2) is 5.72. The number of halogens is 2. The number of alkyl halides is 1. The molecule has 3 nitrogen and oxygen atoms in total. The van der Waals surface area contributed by atoms with Crippen LogP contribution in [0.2, 0.25) is 0 Å². The van der Waals surface area contributed by atoms with Crippen LogP contribution in [0.15, 0.2) is 27.6 Å². The molecule has 19 heavy (non-hydrogen) atoms. The minimum atomic E-state index is -3.46. The second-order valence-corrected chi connectivity index (χ2v) is 8.14. The van der Waals surface area contributed by atoms with Gasteiger partial charge in [0, 0.05) is 22.9 Å². The van der Waals surface area contributed by atoms with E-state index in [0.29, 0.717) is 27.7 Å². The highest BCUT2D eigenvalue weighted by atomic mass is 79.9. The van der Waals surface area contributed by atoms with Crippen LogP contribution in [0.1, 0.15) is 25.8 Å². The molecular formula is C13H17BrClNO2S. The zero-order valence-electron chi connectivity index (χ0n) is 10.9. The molecule has 2 unspecified atom stereocenters. The van der Waals surface area contributed by atoms with Gasteiger partial charge in [0.25, 0.3) is 0 Å². The fraction of sp³-hybridized carbons (Fsp3) is 0.538. The maximum Gasteiger partial charge on any atom is 0.244 e. The molecule has 2 rings (SSSR count). The van der Waals surface area contributed by atoms with Crippen molar-refractivity contribution in [3.63, 3.8) is 0 Å². The van der Waals surface area contributed by atoms with Crippen LogP contribution < -0.4 is 0 Å². The van der Waals surface area contributed by atoms with Gasteiger partial charge in [-0.2, -0.15) is 4.31 Å². The maximum atomic E-state index is 12.7. The molecule has 1 aromatic rings. The van der Waals surface area contributed by atoms with Gasteiger partial charge in [-0.15, -0.1) is 11.6 Å². The van der Waals surface area contributed by atoms with Crippen molar-refractivity contribution >= 4 is 37.6 Å². The Labute approximate surface area is 128 Å². The zero-order valence-corrected chi connectivity index (χ0v) is 14.1. The van der Waals surface area contributed by atoms with Crippen molar-refractivity contribution < 1.29 is 8.42 Å². The largest absolute Gasteiger partial charge is 0.244 e. The van der Waals surface area contributed by atoms with E-state index in [1.54, 1.807) is 16.4 Å². The van der Waals surface area contributed by atoms with Crippen LogP contribution in [0.5, 0.6) is 0 Å². The molecule has 1 fully saturated rings. The predicted octanol–water partition coefficient (Wildman–Crippen LogP) is 3.61. The molecule has 1 aliphatic heterocycles. The topological polar surface area (TPSA) is 37.4 Å². The Morgan fingerprint density at radius 2 is 2.11 bits per heavy atom. The Morgan fingerprint density at radius 1 is 1.42 bits per heavy atom. The molecule has 0 aromatic heterocycles. The van der Waals surface area contributed by atoms with Gasteiger partial charge in [0.1, 0.15) is 0 Å². The molecule has 0 aliphatic carbocycles. The number of rotatable bonds is 3. The van der Waals surface area contributed by atoms with Gasteiger partial charge in [-0.3, -0.25) is 0 Å². The first-order chi connectivity index (χ1) is 8.86. The molecule has 0 N–H and O–H groups in total. The van der Waals surface area contributed by atoms with E-state index in [4.69, 9.17) is 11.6 Å². The van der Waals surface area contributed by atoms with Crippen molar-refractivity contribution in [1.29, 1.82) is 0 Å². The lowest BCUT2D eigenvalue weighted by Crippen LogP contribution is -2.34. The summed E-state index contributed by atoms with van der Waals surface area (Å²) in [6.07, 6.45) is 0.909. The number of nitrogens with zero attached hydrogens (tertiary/aromatic N) is 1. The van der Waals surface area contributed by atoms with E-state index < -0.39 is 10.0 Å². The summed E-state index contributed by atoms with van der Waals surface area (Å²) in [7, 11) is -3.46. The van der Waals surface area contributed by atoms with E-state index in [1.807, 2.05) is 13.0 Å². The Morgan fingerprint density at radius 3 is 2.63 bits per heavy atom. The minimum absolute atomic E-state index is 0.0477. The molecule has 0 spiro atoms. The molecule has 1 aliphatic rings. The van der Waals surface area contributed by atoms with Gasteiger partial charge in [-0.05, 0) is 52.9 Å². The lowest BCUT2D eigenvalue weighted by atomic mass is 10.1. The molecular weight excluding hydrogens is 350 g/mol. The number of sulfonamides is 1. The van der Waals surface area contributed by atoms with Crippen LogP contribution in [0.4, 0.5) is 0 Å². The first-order valence-corrected chi connectivity index (χ1v) is 8.99. The number of benzene rings is 1. The normalized spacial score (nSPS) is 24.8. The van der Waals surface area contributed by atoms with Crippen molar-refractivity contribution in [3.8, 4) is 0 Å². The van der Waals surface area contributed by atoms with Gasteiger partial charge in [0.15, 0.2) is 0 Å². The van der Waals surface area contributed by atoms with Crippen LogP contribution in [0.3, 0.4) is 0 Å². The highest BCUT2D eigenvalue weighted by Gasteiger charge is 2.36. The van der Waals surface area contributed by atoms with E-state index in [-0.39, 0.29) is 6.04 Å². The van der Waals surface area contributed by atoms with Crippen molar-refractivity contribution in [3.05, 3.63) is 28.2 Å². The summed E-state index contributed by atoms with van der Waals surface area (Å²) in [5.74, 6) is 0.710. The van der Waals surface area contributed by atoms with E-state index in [2.05, 4.69) is 22.9 Å². The fourth-order valence-corrected chi connectivity index (χ4v) is 5.46. The van der Waals surface area contributed by atoms with Crippen molar-refractivity contribution in [2.75, 3.05) is 6.54 Å². The molecule has 0 amide bonds. The van der Waals surface area contributed by atoms with E-state index >= 15 is 0 Å². The van der Waals surface area contributed by atoms with Crippen LogP contribution in [-0.4, -0.2) is 25.3 Å². The Balaban J connectivity index is 2.45. The maximum absolute atomic E-state index is 12.7. The average molecular weight is 367 g/mol. The van der Waals surface area contributed by atoms with Gasteiger partial charge in [0.2, 0.25) is 10.0 Å². The van der Waals surface area contributed by atoms with Crippen molar-refractivity contribution in [2.45, 2.75) is 37.1 Å². The molecule has 0 bridgehead atoms. The first kappa shape index (κ1) is 15.3. The monoisotopic (exact) mass is 365 g/mol. The van der Waals surface area contributed by atoms with Gasteiger partial charge >= 0.3 is 0 Å². The highest BCUT2D eigenvalue weighted by Crippen LogP contribution is 2.33. The minimum Gasteiger partial charge on any atom is -0.207 e. The molecule has 1 aromatic carbocycles. The molecule has 1 heterocycles. The third-order valence-electron chi connectivity index (χ3n) is 3.46. The summed E-state index contributed by atoms with van der Waals surface area (Å²) in [6.45, 7) is 4.62. The summed E-state index contributed by atoms with van der Waals surface area (Å²) in [5.41, 5.74) is 0.809. The SMILES string of the molecule is CC1CC(C)N(S(=O)(=O)c2cc(CCl)ccc2Br)C1. The highest BCUT2D eigenvalue weighted by molar-refractivity contribution is 9.10. The molecule has 1 saturated heterocycles. The summed E-state index contributed by atoms with van der Waals surface area (Å²) >= 11 is 9.12. The summed E-state index contributed by atoms with van der Waals surface area (Å²) < 4.78 is 27.6. The van der Waals surface area contributed by atoms with Crippen LogP contribution in [0.25, 0.3) is 0 Å². The molecule has 0 saturated carbocycles. The average Bonchev–Trinajstić information content (AvgIpc) is 2.69. The smallest absolute Gasteiger partial charge is 0.207 e. The third kappa shape index (κ3) is 2.99. The quantitative estimate of drug-likeness (QED) is 0.766. The van der Waals surface area contributed by atoms with Gasteiger partial charge in [-0.25, -0.2) is 8.42 Å². The molecule has 6 heteroatoms. The van der Waals surface area contributed by atoms with Gasteiger partial charge in [0.05, 0.1) is 4.90 Å². The second-order valence-electron chi connectivity index (χ2n) is 5.16. The van der Waals surface area contributed by atoms with E-state index in [9.17, 15) is 8.42 Å². The lowest BCUT2D eigenvalue weighted by molar-refractivity contribution is 0.405. The Bertz CT molecular complexity index is 576. The molecule has 0 radical (unpaired) electrons. The van der Waals surface area contributed by atoms with Crippen LogP contribution in [0, 0.1) is 5.92 Å². The van der Waals surface area contributed by atoms with Crippen molar-refractivity contribution in [1.82, 2.24) is 4.31 Å². The number of hydrogen-bond acceptors (Lipinski definition) is 2. The van der Waals surface area contributed by atoms with E-state index in [1.165, 1.54) is 0 Å². The summed E-state index contributed by atoms with van der Waals surface area (Å²) in [4.78, 5) is 0.312.